The van der Waals surface area contributed by atoms with Crippen molar-refractivity contribution in [2.45, 2.75) is 0 Å². The smallest absolute Gasteiger partial charge is 0.203 e. The molecule has 122 valence electrons. The normalized spacial score (nSPS) is 10.2. The molecule has 0 bridgehead atoms. The van der Waals surface area contributed by atoms with Crippen LogP contribution in [0.2, 0.25) is 0 Å². The average Bonchev–Trinajstić information content (AvgIpc) is 3.03. The number of anilines is 2. The summed E-state index contributed by atoms with van der Waals surface area (Å²) in [6.45, 7) is 0. The molecular formula is C17H16N4O3. The highest BCUT2D eigenvalue weighted by Gasteiger charge is 2.14. The van der Waals surface area contributed by atoms with Gasteiger partial charge in [0.25, 0.3) is 0 Å². The first-order valence-corrected chi connectivity index (χ1v) is 7.15. The first kappa shape index (κ1) is 15.5. The van der Waals surface area contributed by atoms with E-state index in [0.29, 0.717) is 34.3 Å². The van der Waals surface area contributed by atoms with E-state index in [1.807, 2.05) is 6.07 Å². The van der Waals surface area contributed by atoms with Gasteiger partial charge in [-0.2, -0.15) is 5.26 Å². The summed E-state index contributed by atoms with van der Waals surface area (Å²) < 4.78 is 16.0. The molecule has 2 N–H and O–H groups in total. The summed E-state index contributed by atoms with van der Waals surface area (Å²) in [7, 11) is 4.68. The Morgan fingerprint density at radius 3 is 2.38 bits per heavy atom. The highest BCUT2D eigenvalue weighted by Crippen LogP contribution is 2.40. The van der Waals surface area contributed by atoms with Gasteiger partial charge in [0.05, 0.1) is 26.9 Å². The largest absolute Gasteiger partial charge is 0.493 e. The number of fused-ring (bicyclic) bond motifs is 1. The molecule has 0 radical (unpaired) electrons. The second-order valence-electron chi connectivity index (χ2n) is 4.95. The quantitative estimate of drug-likeness (QED) is 0.749. The highest BCUT2D eigenvalue weighted by atomic mass is 16.5. The summed E-state index contributed by atoms with van der Waals surface area (Å²) in [6, 6.07) is 9.36. The molecule has 0 saturated heterocycles. The van der Waals surface area contributed by atoms with Gasteiger partial charge in [-0.1, -0.05) is 0 Å². The molecular weight excluding hydrogens is 308 g/mol. The summed E-state index contributed by atoms with van der Waals surface area (Å²) in [5.74, 6) is 2.25. The first-order valence-electron chi connectivity index (χ1n) is 7.15. The van der Waals surface area contributed by atoms with E-state index < -0.39 is 0 Å². The molecule has 7 nitrogen and oxygen atoms in total. The zero-order valence-electron chi connectivity index (χ0n) is 13.5. The van der Waals surface area contributed by atoms with Crippen LogP contribution >= 0.6 is 0 Å². The number of nitrogens with one attached hydrogen (secondary N) is 2. The van der Waals surface area contributed by atoms with Gasteiger partial charge >= 0.3 is 0 Å². The molecule has 0 spiro atoms. The van der Waals surface area contributed by atoms with Gasteiger partial charge in [0.2, 0.25) is 5.75 Å². The van der Waals surface area contributed by atoms with Crippen LogP contribution in [-0.4, -0.2) is 31.3 Å². The van der Waals surface area contributed by atoms with Crippen LogP contribution in [0, 0.1) is 11.3 Å². The SMILES string of the molecule is COc1cc(Nc2ccc3c(C#N)c[nH]c3n2)cc(OC)c1OC. The standard InChI is InChI=1S/C17H16N4O3/c1-22-13-6-11(7-14(23-2)16(13)24-3)20-15-5-4-12-10(8-18)9-19-17(12)21-15/h4-7,9H,1-3H3,(H2,19,20,21). The Bertz CT molecular complexity index is 902. The Balaban J connectivity index is 1.97. The Morgan fingerprint density at radius 2 is 1.79 bits per heavy atom. The van der Waals surface area contributed by atoms with Gasteiger partial charge in [0.15, 0.2) is 11.5 Å². The fourth-order valence-electron chi connectivity index (χ4n) is 2.47. The molecule has 3 aromatic rings. The summed E-state index contributed by atoms with van der Waals surface area (Å²) in [5, 5.41) is 13.0. The van der Waals surface area contributed by atoms with Gasteiger partial charge in [-0.3, -0.25) is 0 Å². The van der Waals surface area contributed by atoms with E-state index in [0.717, 1.165) is 11.1 Å². The number of ether oxygens (including phenoxy) is 3. The summed E-state index contributed by atoms with van der Waals surface area (Å²) in [6.07, 6.45) is 1.64. The number of aromatic amines is 1. The van der Waals surface area contributed by atoms with E-state index in [-0.39, 0.29) is 0 Å². The van der Waals surface area contributed by atoms with Crippen molar-refractivity contribution in [3.8, 4) is 23.3 Å². The van der Waals surface area contributed by atoms with Gasteiger partial charge in [0.1, 0.15) is 17.5 Å². The maximum atomic E-state index is 9.04. The minimum absolute atomic E-state index is 0.525. The Morgan fingerprint density at radius 1 is 1.08 bits per heavy atom. The fourth-order valence-corrected chi connectivity index (χ4v) is 2.47. The average molecular weight is 324 g/mol. The minimum Gasteiger partial charge on any atom is -0.493 e. The lowest BCUT2D eigenvalue weighted by atomic mass is 10.2. The van der Waals surface area contributed by atoms with Crippen LogP contribution in [0.25, 0.3) is 11.0 Å². The van der Waals surface area contributed by atoms with Crippen molar-refractivity contribution in [2.24, 2.45) is 0 Å². The van der Waals surface area contributed by atoms with E-state index in [9.17, 15) is 0 Å². The number of nitrogens with zero attached hydrogens (tertiary/aromatic N) is 2. The number of benzene rings is 1. The maximum Gasteiger partial charge on any atom is 0.203 e. The molecule has 0 unspecified atom stereocenters. The highest BCUT2D eigenvalue weighted by molar-refractivity contribution is 5.84. The van der Waals surface area contributed by atoms with Crippen LogP contribution in [0.1, 0.15) is 5.56 Å². The van der Waals surface area contributed by atoms with Crippen molar-refractivity contribution in [3.05, 3.63) is 36.0 Å². The third-order valence-corrected chi connectivity index (χ3v) is 3.60. The van der Waals surface area contributed by atoms with Crippen molar-refractivity contribution in [3.63, 3.8) is 0 Å². The van der Waals surface area contributed by atoms with Gasteiger partial charge in [0, 0.05) is 29.4 Å². The van der Waals surface area contributed by atoms with Crippen LogP contribution in [0.5, 0.6) is 17.2 Å². The number of hydrogen-bond donors (Lipinski definition) is 2. The maximum absolute atomic E-state index is 9.04. The lowest BCUT2D eigenvalue weighted by Crippen LogP contribution is -1.99. The molecule has 0 aliphatic heterocycles. The topological polar surface area (TPSA) is 92.2 Å². The predicted molar refractivity (Wildman–Crippen MR) is 90.2 cm³/mol. The third kappa shape index (κ3) is 2.65. The third-order valence-electron chi connectivity index (χ3n) is 3.60. The molecule has 7 heteroatoms. The molecule has 24 heavy (non-hydrogen) atoms. The second kappa shape index (κ2) is 6.38. The lowest BCUT2D eigenvalue weighted by molar-refractivity contribution is 0.324. The molecule has 0 amide bonds. The predicted octanol–water partition coefficient (Wildman–Crippen LogP) is 3.20. The Kier molecular flexibility index (Phi) is 4.12. The molecule has 1 aromatic carbocycles. The van der Waals surface area contributed by atoms with Gasteiger partial charge in [-0.25, -0.2) is 4.98 Å². The Hall–Kier alpha value is -3.40. The van der Waals surface area contributed by atoms with E-state index in [4.69, 9.17) is 19.5 Å². The van der Waals surface area contributed by atoms with Crippen LogP contribution in [0.3, 0.4) is 0 Å². The molecule has 0 fully saturated rings. The summed E-state index contributed by atoms with van der Waals surface area (Å²) >= 11 is 0. The number of nitriles is 1. The van der Waals surface area contributed by atoms with Crippen molar-refractivity contribution in [2.75, 3.05) is 26.6 Å². The lowest BCUT2D eigenvalue weighted by Gasteiger charge is -2.14. The molecule has 0 atom stereocenters. The first-order chi connectivity index (χ1) is 11.7. The molecule has 0 aliphatic carbocycles. The Labute approximate surface area is 138 Å². The zero-order valence-corrected chi connectivity index (χ0v) is 13.5. The van der Waals surface area contributed by atoms with Gasteiger partial charge in [-0.05, 0) is 12.1 Å². The number of pyridine rings is 1. The van der Waals surface area contributed by atoms with Crippen LogP contribution < -0.4 is 19.5 Å². The van der Waals surface area contributed by atoms with E-state index in [1.54, 1.807) is 45.7 Å². The second-order valence-corrected chi connectivity index (χ2v) is 4.95. The van der Waals surface area contributed by atoms with Crippen molar-refractivity contribution in [1.82, 2.24) is 9.97 Å². The molecule has 2 heterocycles. The number of rotatable bonds is 5. The molecule has 0 saturated carbocycles. The molecule has 0 aliphatic rings. The number of hydrogen-bond acceptors (Lipinski definition) is 6. The van der Waals surface area contributed by atoms with Crippen molar-refractivity contribution in [1.29, 1.82) is 5.26 Å². The van der Waals surface area contributed by atoms with Crippen LogP contribution in [0.15, 0.2) is 30.5 Å². The van der Waals surface area contributed by atoms with E-state index in [2.05, 4.69) is 21.4 Å². The number of aromatic nitrogens is 2. The molecule has 2 aromatic heterocycles. The van der Waals surface area contributed by atoms with Crippen molar-refractivity contribution >= 4 is 22.5 Å². The number of methoxy groups -OCH3 is 3. The summed E-state index contributed by atoms with van der Waals surface area (Å²) in [4.78, 5) is 7.45. The molecule has 3 rings (SSSR count). The van der Waals surface area contributed by atoms with E-state index in [1.165, 1.54) is 0 Å². The van der Waals surface area contributed by atoms with Crippen LogP contribution in [-0.2, 0) is 0 Å². The zero-order chi connectivity index (χ0) is 17.1. The van der Waals surface area contributed by atoms with Gasteiger partial charge in [-0.15, -0.1) is 0 Å². The summed E-state index contributed by atoms with van der Waals surface area (Å²) in [5.41, 5.74) is 1.95. The van der Waals surface area contributed by atoms with E-state index >= 15 is 0 Å². The minimum atomic E-state index is 0.525. The van der Waals surface area contributed by atoms with Crippen molar-refractivity contribution < 1.29 is 14.2 Å². The van der Waals surface area contributed by atoms with Crippen LogP contribution in [0.4, 0.5) is 11.5 Å². The fraction of sp³-hybridized carbons (Fsp3) is 0.176. The monoisotopic (exact) mass is 324 g/mol. The van der Waals surface area contributed by atoms with Gasteiger partial charge < -0.3 is 24.5 Å². The number of H-pyrrole nitrogens is 1.